The van der Waals surface area contributed by atoms with Crippen molar-refractivity contribution in [1.29, 1.82) is 0 Å². The lowest BCUT2D eigenvalue weighted by Gasteiger charge is -2.07. The first-order chi connectivity index (χ1) is 14.7. The van der Waals surface area contributed by atoms with Gasteiger partial charge in [-0.1, -0.05) is 72.3 Å². The summed E-state index contributed by atoms with van der Waals surface area (Å²) in [6.45, 7) is -0.147. The van der Waals surface area contributed by atoms with Gasteiger partial charge in [0, 0.05) is 10.9 Å². The molecule has 0 spiro atoms. The molecule has 0 bridgehead atoms. The maximum Gasteiger partial charge on any atom is 0.277 e. The second-order valence-corrected chi connectivity index (χ2v) is 6.89. The zero-order valence-electron chi connectivity index (χ0n) is 16.0. The van der Waals surface area contributed by atoms with Gasteiger partial charge in [-0.15, -0.1) is 0 Å². The van der Waals surface area contributed by atoms with E-state index >= 15 is 0 Å². The molecule has 5 nitrogen and oxygen atoms in total. The van der Waals surface area contributed by atoms with Crippen molar-refractivity contribution in [2.75, 3.05) is 6.61 Å². The number of benzene rings is 3. The number of carbonyl (C=O) groups is 1. The van der Waals surface area contributed by atoms with E-state index < -0.39 is 0 Å². The number of hydrazone groups is 1. The molecule has 30 heavy (non-hydrogen) atoms. The highest BCUT2D eigenvalue weighted by molar-refractivity contribution is 6.32. The summed E-state index contributed by atoms with van der Waals surface area (Å²) in [6, 6.07) is 27.1. The molecule has 0 saturated heterocycles. The highest BCUT2D eigenvalue weighted by Gasteiger charge is 2.05. The number of hydrogen-bond acceptors (Lipinski definition) is 4. The van der Waals surface area contributed by atoms with Gasteiger partial charge in [-0.3, -0.25) is 4.79 Å². The lowest BCUT2D eigenvalue weighted by atomic mass is 10.1. The molecule has 6 heteroatoms. The molecule has 0 unspecified atom stereocenters. The average Bonchev–Trinajstić information content (AvgIpc) is 2.79. The summed E-state index contributed by atoms with van der Waals surface area (Å²) >= 11 is 6.18. The van der Waals surface area contributed by atoms with E-state index in [0.717, 1.165) is 22.0 Å². The van der Waals surface area contributed by atoms with Gasteiger partial charge in [0.1, 0.15) is 10.9 Å². The largest absolute Gasteiger partial charge is 0.484 e. The quantitative estimate of drug-likeness (QED) is 0.271. The number of nitrogens with zero attached hydrogens (tertiary/aromatic N) is 2. The van der Waals surface area contributed by atoms with Crippen LogP contribution >= 0.6 is 11.6 Å². The molecule has 1 N–H and O–H groups in total. The van der Waals surface area contributed by atoms with Crippen LogP contribution in [-0.2, 0) is 4.79 Å². The zero-order chi connectivity index (χ0) is 20.8. The van der Waals surface area contributed by atoms with Crippen molar-refractivity contribution in [3.05, 3.63) is 95.6 Å². The molecule has 0 radical (unpaired) electrons. The third-order valence-electron chi connectivity index (χ3n) is 4.43. The lowest BCUT2D eigenvalue weighted by molar-refractivity contribution is -0.123. The van der Waals surface area contributed by atoms with E-state index in [0.29, 0.717) is 16.5 Å². The predicted molar refractivity (Wildman–Crippen MR) is 120 cm³/mol. The number of amides is 1. The van der Waals surface area contributed by atoms with E-state index in [9.17, 15) is 4.79 Å². The zero-order valence-corrected chi connectivity index (χ0v) is 16.7. The van der Waals surface area contributed by atoms with Crippen LogP contribution in [0.5, 0.6) is 5.75 Å². The SMILES string of the molecule is O=C(COc1ccc(-c2ccccc2)cc1)NN=Cc1cc2ccccc2nc1Cl. The van der Waals surface area contributed by atoms with Crippen LogP contribution in [0.15, 0.2) is 90.0 Å². The van der Waals surface area contributed by atoms with E-state index in [1.165, 1.54) is 6.21 Å². The second-order valence-electron chi connectivity index (χ2n) is 6.53. The van der Waals surface area contributed by atoms with Crippen LogP contribution in [0.2, 0.25) is 5.15 Å². The molecule has 1 heterocycles. The molecule has 4 rings (SSSR count). The summed E-state index contributed by atoms with van der Waals surface area (Å²) < 4.78 is 5.52. The third-order valence-corrected chi connectivity index (χ3v) is 4.73. The maximum absolute atomic E-state index is 12.0. The molecule has 1 amide bonds. The van der Waals surface area contributed by atoms with Gasteiger partial charge in [0.25, 0.3) is 5.91 Å². The van der Waals surface area contributed by atoms with Gasteiger partial charge in [-0.05, 0) is 35.4 Å². The normalized spacial score (nSPS) is 11.0. The third kappa shape index (κ3) is 4.82. The van der Waals surface area contributed by atoms with Crippen LogP contribution in [0.1, 0.15) is 5.56 Å². The van der Waals surface area contributed by atoms with E-state index in [1.807, 2.05) is 84.9 Å². The molecule has 0 fully saturated rings. The number of hydrogen-bond donors (Lipinski definition) is 1. The van der Waals surface area contributed by atoms with Crippen molar-refractivity contribution >= 4 is 34.6 Å². The van der Waals surface area contributed by atoms with Crippen molar-refractivity contribution in [3.8, 4) is 16.9 Å². The van der Waals surface area contributed by atoms with Crippen molar-refractivity contribution in [2.24, 2.45) is 5.10 Å². The van der Waals surface area contributed by atoms with Crippen molar-refractivity contribution in [1.82, 2.24) is 10.4 Å². The monoisotopic (exact) mass is 415 g/mol. The van der Waals surface area contributed by atoms with Crippen LogP contribution in [0.4, 0.5) is 0 Å². The van der Waals surface area contributed by atoms with Gasteiger partial charge in [-0.25, -0.2) is 10.4 Å². The molecule has 3 aromatic carbocycles. The first-order valence-electron chi connectivity index (χ1n) is 9.34. The Morgan fingerprint density at radius 1 is 0.967 bits per heavy atom. The highest BCUT2D eigenvalue weighted by Crippen LogP contribution is 2.22. The van der Waals surface area contributed by atoms with Crippen LogP contribution in [0.3, 0.4) is 0 Å². The number of fused-ring (bicyclic) bond motifs is 1. The number of halogens is 1. The number of nitrogens with one attached hydrogen (secondary N) is 1. The molecule has 148 valence electrons. The predicted octanol–water partition coefficient (Wildman–Crippen LogP) is 5.08. The Bertz CT molecular complexity index is 1190. The molecule has 0 atom stereocenters. The van der Waals surface area contributed by atoms with E-state index in [2.05, 4.69) is 15.5 Å². The summed E-state index contributed by atoms with van der Waals surface area (Å²) in [5.41, 5.74) is 6.06. The Morgan fingerprint density at radius 2 is 1.67 bits per heavy atom. The summed E-state index contributed by atoms with van der Waals surface area (Å²) in [4.78, 5) is 16.3. The first kappa shape index (κ1) is 19.6. The minimum absolute atomic E-state index is 0.147. The fraction of sp³-hybridized carbons (Fsp3) is 0.0417. The van der Waals surface area contributed by atoms with Crippen molar-refractivity contribution < 1.29 is 9.53 Å². The van der Waals surface area contributed by atoms with Crippen molar-refractivity contribution in [3.63, 3.8) is 0 Å². The Balaban J connectivity index is 1.31. The second kappa shape index (κ2) is 9.20. The summed E-state index contributed by atoms with van der Waals surface area (Å²) in [7, 11) is 0. The number of rotatable bonds is 6. The number of aromatic nitrogens is 1. The lowest BCUT2D eigenvalue weighted by Crippen LogP contribution is -2.24. The van der Waals surface area contributed by atoms with Gasteiger partial charge < -0.3 is 4.74 Å². The summed E-state index contributed by atoms with van der Waals surface area (Å²) in [6.07, 6.45) is 1.47. The van der Waals surface area contributed by atoms with Crippen LogP contribution in [-0.4, -0.2) is 23.7 Å². The van der Waals surface area contributed by atoms with E-state index in [-0.39, 0.29) is 12.5 Å². The van der Waals surface area contributed by atoms with Gasteiger partial charge in [-0.2, -0.15) is 5.10 Å². The molecule has 0 saturated carbocycles. The number of ether oxygens (including phenoxy) is 1. The minimum Gasteiger partial charge on any atom is -0.484 e. The molecule has 0 aliphatic rings. The molecule has 1 aromatic heterocycles. The number of pyridine rings is 1. The number of carbonyl (C=O) groups excluding carboxylic acids is 1. The summed E-state index contributed by atoms with van der Waals surface area (Å²) in [5, 5.41) is 5.21. The Kier molecular flexibility index (Phi) is 6.01. The molecular weight excluding hydrogens is 398 g/mol. The first-order valence-corrected chi connectivity index (χ1v) is 9.72. The molecule has 0 aliphatic carbocycles. The van der Waals surface area contributed by atoms with Crippen molar-refractivity contribution in [2.45, 2.75) is 0 Å². The van der Waals surface area contributed by atoms with Gasteiger partial charge in [0.05, 0.1) is 11.7 Å². The Morgan fingerprint density at radius 3 is 2.47 bits per heavy atom. The molecule has 0 aliphatic heterocycles. The fourth-order valence-corrected chi connectivity index (χ4v) is 3.12. The van der Waals surface area contributed by atoms with E-state index in [1.54, 1.807) is 0 Å². The topological polar surface area (TPSA) is 63.6 Å². The van der Waals surface area contributed by atoms with Gasteiger partial charge in [0.15, 0.2) is 6.61 Å². The van der Waals surface area contributed by atoms with Gasteiger partial charge in [0.2, 0.25) is 0 Å². The molecular formula is C24H18ClN3O2. The van der Waals surface area contributed by atoms with Crippen LogP contribution in [0.25, 0.3) is 22.0 Å². The average molecular weight is 416 g/mol. The standard InChI is InChI=1S/C24H18ClN3O2/c25-24-20(14-19-8-4-5-9-22(19)27-24)15-26-28-23(29)16-30-21-12-10-18(11-13-21)17-6-2-1-3-7-17/h1-15H,16H2,(H,28,29). The fourth-order valence-electron chi connectivity index (χ4n) is 2.93. The smallest absolute Gasteiger partial charge is 0.277 e. The van der Waals surface area contributed by atoms with E-state index in [4.69, 9.17) is 16.3 Å². The van der Waals surface area contributed by atoms with Crippen LogP contribution < -0.4 is 10.2 Å². The maximum atomic E-state index is 12.0. The minimum atomic E-state index is -0.372. The Hall–Kier alpha value is -3.70. The summed E-state index contributed by atoms with van der Waals surface area (Å²) in [5.74, 6) is 0.235. The number of para-hydroxylation sites is 1. The highest BCUT2D eigenvalue weighted by atomic mass is 35.5. The Labute approximate surface area is 179 Å². The molecule has 4 aromatic rings. The van der Waals surface area contributed by atoms with Gasteiger partial charge >= 0.3 is 0 Å². The van der Waals surface area contributed by atoms with Crippen LogP contribution in [0, 0.1) is 0 Å².